The van der Waals surface area contributed by atoms with Crippen molar-refractivity contribution in [2.45, 2.75) is 199 Å². The minimum atomic E-state index is -0.603. The number of aliphatic hydroxyl groups is 1. The highest BCUT2D eigenvalue weighted by Gasteiger charge is 2.64. The van der Waals surface area contributed by atoms with E-state index in [0.29, 0.717) is 83.0 Å². The summed E-state index contributed by atoms with van der Waals surface area (Å²) in [5, 5.41) is 10.5. The van der Waals surface area contributed by atoms with Gasteiger partial charge in [-0.1, -0.05) is 59.7 Å². The van der Waals surface area contributed by atoms with E-state index in [1.807, 2.05) is 19.0 Å². The van der Waals surface area contributed by atoms with Crippen LogP contribution in [0.2, 0.25) is 0 Å². The van der Waals surface area contributed by atoms with Crippen LogP contribution in [0, 0.1) is 65.1 Å². The third kappa shape index (κ3) is 17.7. The number of likely N-dealkylation sites (N-methyl/N-ethyl adjacent to an activating group) is 1. The van der Waals surface area contributed by atoms with Crippen molar-refractivity contribution >= 4 is 65.4 Å². The lowest BCUT2D eigenvalue weighted by Crippen LogP contribution is -2.62. The highest BCUT2D eigenvalue weighted by Crippen LogP contribution is 2.62. The Morgan fingerprint density at radius 1 is 0.652 bits per heavy atom. The molecule has 0 aromatic carbocycles. The average molecular weight is 1300 g/mol. The van der Waals surface area contributed by atoms with E-state index < -0.39 is 23.1 Å². The van der Waals surface area contributed by atoms with Crippen LogP contribution in [0.25, 0.3) is 0 Å². The van der Waals surface area contributed by atoms with E-state index in [0.717, 1.165) is 87.7 Å². The topological polar surface area (TPSA) is 254 Å². The first-order valence-corrected chi connectivity index (χ1v) is 34.1. The molecule has 3 heterocycles. The first-order valence-electron chi connectivity index (χ1n) is 33.0. The van der Waals surface area contributed by atoms with Crippen LogP contribution < -0.4 is 0 Å². The van der Waals surface area contributed by atoms with Crippen LogP contribution in [0.3, 0.4) is 0 Å². The third-order valence-corrected chi connectivity index (χ3v) is 21.3. The van der Waals surface area contributed by atoms with Crippen molar-refractivity contribution in [3.63, 3.8) is 0 Å². The zero-order valence-corrected chi connectivity index (χ0v) is 57.0. The summed E-state index contributed by atoms with van der Waals surface area (Å²) >= 11 is 1.72. The van der Waals surface area contributed by atoms with E-state index in [2.05, 4.69) is 53.3 Å². The molecule has 2 amide bonds. The van der Waals surface area contributed by atoms with Gasteiger partial charge in [-0.3, -0.25) is 19.3 Å². The number of ether oxygens (including phenoxy) is 8. The number of hydrogen-bond donors (Lipinski definition) is 1. The molecule has 11 saturated carbocycles. The zero-order valence-electron chi connectivity index (χ0n) is 56.1. The van der Waals surface area contributed by atoms with Crippen LogP contribution in [-0.4, -0.2) is 162 Å². The monoisotopic (exact) mass is 1300 g/mol. The summed E-state index contributed by atoms with van der Waals surface area (Å²) in [6.07, 6.45) is 15.7. The molecule has 21 heteroatoms. The molecule has 0 aromatic heterocycles. The maximum Gasteiger partial charge on any atom is 0.335 e. The van der Waals surface area contributed by atoms with Crippen molar-refractivity contribution in [3.05, 3.63) is 72.9 Å². The average Bonchev–Trinajstić information content (AvgIpc) is 0.786. The van der Waals surface area contributed by atoms with E-state index in [4.69, 9.17) is 37.9 Å². The fourth-order valence-electron chi connectivity index (χ4n) is 16.8. The van der Waals surface area contributed by atoms with Crippen LogP contribution in [0.5, 0.6) is 0 Å². The lowest BCUT2D eigenvalue weighted by molar-refractivity contribution is -0.221. The molecular weight excluding hydrogens is 1200 g/mol. The molecule has 0 radical (unpaired) electrons. The SMILES string of the molecule is C=C(C)C(=O)OC1(C(C)C)C2CC3CC(C2)CC1C3.C=C(C)C(=O)OC12CC3CC(CC(O)(C3)C1)C2.C=C(C)C(=O)OC1C2CC3C(=O)OC1C3C2.C=C(C)C(=O)OC1CSCCO1.C=C(C)C(=O)OCC(=O)N1C(=O)C2CCCC21.C=C(C)C(=O)OCCN(C)C. The highest BCUT2D eigenvalue weighted by atomic mass is 32.2. The van der Waals surface area contributed by atoms with Crippen LogP contribution in [-0.2, 0) is 81.0 Å². The first kappa shape index (κ1) is 73.5. The second-order valence-electron chi connectivity index (χ2n) is 28.9. The summed E-state index contributed by atoms with van der Waals surface area (Å²) < 4.78 is 42.2. The fraction of sp³-hybridized carbons (Fsp3) is 0.704. The summed E-state index contributed by atoms with van der Waals surface area (Å²) in [6, 6.07) is 0.0403. The Kier molecular flexibility index (Phi) is 24.9. The van der Waals surface area contributed by atoms with Gasteiger partial charge in [-0.25, -0.2) is 28.8 Å². The number of nitrogens with zero attached hydrogens (tertiary/aromatic N) is 2. The van der Waals surface area contributed by atoms with Crippen LogP contribution in [0.15, 0.2) is 72.9 Å². The number of likely N-dealkylation sites (tertiary alicyclic amines) is 1. The molecule has 10 atom stereocenters. The molecular formula is C71H102N2O18S. The van der Waals surface area contributed by atoms with E-state index in [1.165, 1.54) is 50.3 Å². The Hall–Kier alpha value is -5.90. The van der Waals surface area contributed by atoms with Gasteiger partial charge in [0.05, 0.1) is 35.8 Å². The summed E-state index contributed by atoms with van der Waals surface area (Å²) in [7, 11) is 3.85. The standard InChI is InChI=1S/C17H26O2.C14H20O3.C12H15NO4.C12H14O4.C8H15NO2.C8H12O3S/c1-10(2)16(18)19-17(11(3)4)14-6-12-5-13(8-14)9-15(17)7-12;1-9(2)12(15)17-14-6-10-3-11(7-14)5-13(16,4-10)8-14;1-7(2)12(16)17-6-10(14)13-9-5-3-4-8(9)11(13)15;1-5(2)11(13)15-9-6-3-7-8(4-6)12(14)16-10(7)9;1-7(2)8(10)11-6-5-9(3)4;1-6(2)8(9)11-7-5-12-4-3-10-7/h11-15H,1,5-9H2,2-4H3;10-11,16H,1,3-8H2,2H3;8-9H,1,3-6H2,2H3;6-10H,1,3-4H2,2H3;1,5-6H2,2-4H3;7H,1,3-5H2,2H3. The van der Waals surface area contributed by atoms with E-state index in [-0.39, 0.29) is 102 Å². The summed E-state index contributed by atoms with van der Waals surface area (Å²) in [6.45, 7) is 37.0. The second kappa shape index (κ2) is 31.1. The number of hydrogen-bond acceptors (Lipinski definition) is 20. The molecule has 92 heavy (non-hydrogen) atoms. The van der Waals surface area contributed by atoms with Gasteiger partial charge in [-0.05, 0) is 187 Å². The van der Waals surface area contributed by atoms with E-state index in [1.54, 1.807) is 46.4 Å². The minimum absolute atomic E-state index is 0.0239. The summed E-state index contributed by atoms with van der Waals surface area (Å²) in [5.74, 6) is 4.04. The molecule has 14 fully saturated rings. The van der Waals surface area contributed by atoms with Gasteiger partial charge < -0.3 is 47.9 Å². The van der Waals surface area contributed by atoms with E-state index in [9.17, 15) is 48.3 Å². The van der Waals surface area contributed by atoms with Gasteiger partial charge in [0.25, 0.3) is 5.91 Å². The summed E-state index contributed by atoms with van der Waals surface area (Å²) in [4.78, 5) is 106. The number of fused-ring (bicyclic) bond motifs is 2. The lowest BCUT2D eigenvalue weighted by Gasteiger charge is -2.61. The molecule has 10 unspecified atom stereocenters. The van der Waals surface area contributed by atoms with Crippen molar-refractivity contribution in [2.75, 3.05) is 52.0 Å². The second-order valence-corrected chi connectivity index (χ2v) is 30.1. The number of β-lactam (4-membered cyclic amide) rings is 1. The molecule has 0 aromatic rings. The van der Waals surface area contributed by atoms with Crippen LogP contribution >= 0.6 is 11.8 Å². The van der Waals surface area contributed by atoms with Crippen molar-refractivity contribution in [1.82, 2.24) is 9.80 Å². The minimum Gasteiger partial charge on any atom is -0.461 e. The maximum absolute atomic E-state index is 12.1. The molecule has 3 saturated heterocycles. The van der Waals surface area contributed by atoms with Gasteiger partial charge in [0.2, 0.25) is 12.2 Å². The van der Waals surface area contributed by atoms with Crippen molar-refractivity contribution in [2.24, 2.45) is 65.1 Å². The molecule has 20 nitrogen and oxygen atoms in total. The molecule has 510 valence electrons. The Balaban J connectivity index is 0.000000158. The predicted molar refractivity (Wildman–Crippen MR) is 344 cm³/mol. The van der Waals surface area contributed by atoms with Gasteiger partial charge in [-0.2, -0.15) is 11.8 Å². The molecule has 10 bridgehead atoms. The third-order valence-electron chi connectivity index (χ3n) is 20.4. The van der Waals surface area contributed by atoms with Gasteiger partial charge in [0, 0.05) is 64.0 Å². The van der Waals surface area contributed by atoms with Crippen LogP contribution in [0.4, 0.5) is 0 Å². The zero-order chi connectivity index (χ0) is 67.9. The van der Waals surface area contributed by atoms with Crippen molar-refractivity contribution < 1.29 is 86.2 Å². The summed E-state index contributed by atoms with van der Waals surface area (Å²) in [5.41, 5.74) is 1.31. The highest BCUT2D eigenvalue weighted by molar-refractivity contribution is 7.99. The number of thioether (sulfide) groups is 1. The first-order chi connectivity index (χ1) is 43.2. The van der Waals surface area contributed by atoms with Gasteiger partial charge >= 0.3 is 41.8 Å². The number of imide groups is 1. The Bertz CT molecular complexity index is 2840. The smallest absolute Gasteiger partial charge is 0.335 e. The Labute approximate surface area is 548 Å². The largest absolute Gasteiger partial charge is 0.461 e. The lowest BCUT2D eigenvalue weighted by atomic mass is 9.47. The normalized spacial score (nSPS) is 34.2. The molecule has 0 spiro atoms. The molecule has 14 rings (SSSR count). The molecule has 14 aliphatic rings. The Morgan fingerprint density at radius 3 is 1.70 bits per heavy atom. The quantitative estimate of drug-likeness (QED) is 0.0653. The van der Waals surface area contributed by atoms with Crippen molar-refractivity contribution in [1.29, 1.82) is 0 Å². The fourth-order valence-corrected chi connectivity index (χ4v) is 17.6. The van der Waals surface area contributed by atoms with Crippen LogP contribution in [0.1, 0.15) is 158 Å². The number of carbonyl (C=O) groups is 9. The molecule has 11 aliphatic carbocycles. The Morgan fingerprint density at radius 2 is 1.18 bits per heavy atom. The maximum atomic E-state index is 12.1. The van der Waals surface area contributed by atoms with Gasteiger partial charge in [0.1, 0.15) is 30.0 Å². The number of rotatable bonds is 16. The number of carbonyl (C=O) groups excluding carboxylic acids is 9. The van der Waals surface area contributed by atoms with Crippen molar-refractivity contribution in [3.8, 4) is 0 Å². The van der Waals surface area contributed by atoms with Gasteiger partial charge in [-0.15, -0.1) is 0 Å². The number of amides is 2. The van der Waals surface area contributed by atoms with Gasteiger partial charge in [0.15, 0.2) is 6.61 Å². The molecule has 1 N–H and O–H groups in total. The number of esters is 7. The molecule has 3 aliphatic heterocycles. The predicted octanol–water partition coefficient (Wildman–Crippen LogP) is 9.71. The van der Waals surface area contributed by atoms with E-state index >= 15 is 0 Å².